The van der Waals surface area contributed by atoms with E-state index >= 15 is 0 Å². The molecule has 9 nitrogen and oxygen atoms in total. The fourth-order valence-corrected chi connectivity index (χ4v) is 5.50. The summed E-state index contributed by atoms with van der Waals surface area (Å²) >= 11 is 13.0. The van der Waals surface area contributed by atoms with Gasteiger partial charge in [0.05, 0.1) is 16.4 Å². The average molecular weight is 565 g/mol. The van der Waals surface area contributed by atoms with Crippen molar-refractivity contribution in [1.82, 2.24) is 4.90 Å². The lowest BCUT2D eigenvalue weighted by molar-refractivity contribution is -0.384. The van der Waals surface area contributed by atoms with E-state index in [9.17, 15) is 28.1 Å². The van der Waals surface area contributed by atoms with E-state index in [2.05, 4.69) is 0 Å². The Morgan fingerprint density at radius 2 is 1.61 bits per heavy atom. The molecule has 13 heteroatoms. The number of benzene rings is 3. The average Bonchev–Trinajstić information content (AvgIpc) is 3.09. The molecular formula is C23H14Cl2N2O7S2. The number of para-hydroxylation sites is 1. The van der Waals surface area contributed by atoms with Crippen LogP contribution in [0.2, 0.25) is 10.0 Å². The highest BCUT2D eigenvalue weighted by molar-refractivity contribution is 8.18. The fourth-order valence-electron chi connectivity index (χ4n) is 3.20. The van der Waals surface area contributed by atoms with Gasteiger partial charge in [0.25, 0.3) is 16.8 Å². The Bertz CT molecular complexity index is 1500. The summed E-state index contributed by atoms with van der Waals surface area (Å²) in [5.41, 5.74) is 0.370. The molecule has 0 radical (unpaired) electrons. The molecule has 1 aliphatic rings. The second-order valence-corrected chi connectivity index (χ2v) is 10.6. The summed E-state index contributed by atoms with van der Waals surface area (Å²) in [4.78, 5) is 36.4. The molecule has 0 saturated carbocycles. The van der Waals surface area contributed by atoms with Crippen molar-refractivity contribution in [1.29, 1.82) is 0 Å². The lowest BCUT2D eigenvalue weighted by Gasteiger charge is -2.14. The summed E-state index contributed by atoms with van der Waals surface area (Å²) in [5, 5.41) is 10.9. The predicted molar refractivity (Wildman–Crippen MR) is 135 cm³/mol. The summed E-state index contributed by atoms with van der Waals surface area (Å²) in [7, 11) is -4.35. The summed E-state index contributed by atoms with van der Waals surface area (Å²) in [6, 6.07) is 15.1. The van der Waals surface area contributed by atoms with Crippen LogP contribution in [0.3, 0.4) is 0 Å². The molecule has 0 unspecified atom stereocenters. The number of nitro groups is 1. The number of amides is 2. The predicted octanol–water partition coefficient (Wildman–Crippen LogP) is 5.91. The molecule has 0 spiro atoms. The van der Waals surface area contributed by atoms with Crippen LogP contribution < -0.4 is 4.18 Å². The number of nitro benzene ring substituents is 1. The van der Waals surface area contributed by atoms with E-state index < -0.39 is 26.2 Å². The molecule has 184 valence electrons. The number of non-ortho nitro benzene ring substituents is 1. The normalized spacial score (nSPS) is 14.9. The summed E-state index contributed by atoms with van der Waals surface area (Å²) in [6.45, 7) is -0.132. The topological polar surface area (TPSA) is 124 Å². The maximum absolute atomic E-state index is 13.0. The van der Waals surface area contributed by atoms with Gasteiger partial charge in [-0.1, -0.05) is 47.5 Å². The molecule has 2 amide bonds. The number of rotatable bonds is 7. The van der Waals surface area contributed by atoms with Crippen molar-refractivity contribution in [2.75, 3.05) is 0 Å². The second-order valence-electron chi connectivity index (χ2n) is 7.29. The smallest absolute Gasteiger partial charge is 0.339 e. The van der Waals surface area contributed by atoms with Crippen molar-refractivity contribution >= 4 is 68.0 Å². The van der Waals surface area contributed by atoms with Gasteiger partial charge in [-0.05, 0) is 48.2 Å². The highest BCUT2D eigenvalue weighted by atomic mass is 35.5. The second kappa shape index (κ2) is 10.3. The van der Waals surface area contributed by atoms with E-state index in [1.807, 2.05) is 0 Å². The van der Waals surface area contributed by atoms with E-state index in [1.165, 1.54) is 24.3 Å². The molecule has 0 N–H and O–H groups in total. The first-order valence-electron chi connectivity index (χ1n) is 10.0. The molecule has 3 aromatic carbocycles. The number of halogens is 2. The molecule has 3 aromatic rings. The molecule has 1 saturated heterocycles. The van der Waals surface area contributed by atoms with Crippen molar-refractivity contribution in [3.05, 3.63) is 103 Å². The van der Waals surface area contributed by atoms with Gasteiger partial charge in [0, 0.05) is 33.3 Å². The van der Waals surface area contributed by atoms with Gasteiger partial charge in [0.1, 0.15) is 10.6 Å². The van der Waals surface area contributed by atoms with Crippen LogP contribution >= 0.6 is 35.0 Å². The maximum atomic E-state index is 13.0. The molecule has 0 bridgehead atoms. The van der Waals surface area contributed by atoms with Gasteiger partial charge < -0.3 is 4.18 Å². The number of carbonyl (C=O) groups excluding carboxylic acids is 2. The maximum Gasteiger partial charge on any atom is 0.339 e. The molecule has 0 atom stereocenters. The van der Waals surface area contributed by atoms with Crippen LogP contribution in [0.25, 0.3) is 6.08 Å². The lowest BCUT2D eigenvalue weighted by Crippen LogP contribution is -2.27. The summed E-state index contributed by atoms with van der Waals surface area (Å²) < 4.78 is 30.7. The molecule has 1 heterocycles. The number of nitrogens with zero attached hydrogens (tertiary/aromatic N) is 2. The Morgan fingerprint density at radius 3 is 2.25 bits per heavy atom. The van der Waals surface area contributed by atoms with Crippen LogP contribution in [0.5, 0.6) is 5.75 Å². The largest absolute Gasteiger partial charge is 0.378 e. The highest BCUT2D eigenvalue weighted by Gasteiger charge is 2.36. The van der Waals surface area contributed by atoms with Gasteiger partial charge in [-0.3, -0.25) is 24.6 Å². The van der Waals surface area contributed by atoms with Crippen molar-refractivity contribution < 1.29 is 27.1 Å². The van der Waals surface area contributed by atoms with Crippen LogP contribution in [0.15, 0.2) is 76.5 Å². The Hall–Kier alpha value is -3.38. The van der Waals surface area contributed by atoms with Gasteiger partial charge in [-0.2, -0.15) is 8.42 Å². The van der Waals surface area contributed by atoms with E-state index in [0.717, 1.165) is 29.2 Å². The minimum atomic E-state index is -4.35. The Balaban J connectivity index is 1.60. The molecular weight excluding hydrogens is 551 g/mol. The first-order valence-corrected chi connectivity index (χ1v) is 13.0. The Kier molecular flexibility index (Phi) is 7.36. The zero-order chi connectivity index (χ0) is 26.0. The van der Waals surface area contributed by atoms with Crippen molar-refractivity contribution in [3.63, 3.8) is 0 Å². The zero-order valence-electron chi connectivity index (χ0n) is 18.0. The third-order valence-corrected chi connectivity index (χ3v) is 7.86. The third kappa shape index (κ3) is 5.39. The molecule has 0 aliphatic carbocycles. The quantitative estimate of drug-likeness (QED) is 0.150. The van der Waals surface area contributed by atoms with Crippen molar-refractivity contribution in [2.24, 2.45) is 0 Å². The van der Waals surface area contributed by atoms with Crippen LogP contribution in [-0.2, 0) is 21.5 Å². The SMILES string of the molecule is O=C1S/C(=C\c2ccccc2OS(=O)(=O)c2ccc([N+](=O)[O-])cc2)C(=O)N1Cc1c(Cl)cccc1Cl. The first kappa shape index (κ1) is 25.7. The van der Waals surface area contributed by atoms with E-state index in [4.69, 9.17) is 27.4 Å². The van der Waals surface area contributed by atoms with Gasteiger partial charge in [-0.15, -0.1) is 0 Å². The summed E-state index contributed by atoms with van der Waals surface area (Å²) in [6.07, 6.45) is 1.35. The summed E-state index contributed by atoms with van der Waals surface area (Å²) in [5.74, 6) is -0.703. The number of thioether (sulfide) groups is 1. The first-order chi connectivity index (χ1) is 17.1. The monoisotopic (exact) mass is 564 g/mol. The standard InChI is InChI=1S/C23H14Cl2N2O7S2/c24-18-5-3-6-19(25)17(18)13-26-22(28)21(35-23(26)29)12-14-4-1-2-7-20(14)34-36(32,33)16-10-8-15(9-11-16)27(30)31/h1-12H,13H2/b21-12-. The van der Waals surface area contributed by atoms with Crippen LogP contribution in [-0.4, -0.2) is 29.4 Å². The van der Waals surface area contributed by atoms with Crippen LogP contribution in [0, 0.1) is 10.1 Å². The molecule has 4 rings (SSSR count). The van der Waals surface area contributed by atoms with Crippen molar-refractivity contribution in [2.45, 2.75) is 11.4 Å². The minimum absolute atomic E-state index is 0.0481. The Morgan fingerprint density at radius 1 is 0.972 bits per heavy atom. The molecule has 1 fully saturated rings. The van der Waals surface area contributed by atoms with Gasteiger partial charge in [0.15, 0.2) is 0 Å². The van der Waals surface area contributed by atoms with Crippen LogP contribution in [0.4, 0.5) is 10.5 Å². The van der Waals surface area contributed by atoms with Gasteiger partial charge in [-0.25, -0.2) is 0 Å². The lowest BCUT2D eigenvalue weighted by atomic mass is 10.1. The zero-order valence-corrected chi connectivity index (χ0v) is 21.1. The fraction of sp³-hybridized carbons (Fsp3) is 0.0435. The van der Waals surface area contributed by atoms with Crippen molar-refractivity contribution in [3.8, 4) is 5.75 Å². The van der Waals surface area contributed by atoms with Crippen LogP contribution in [0.1, 0.15) is 11.1 Å². The Labute approximate surface area is 219 Å². The third-order valence-electron chi connectivity index (χ3n) is 4.99. The van der Waals surface area contributed by atoms with E-state index in [-0.39, 0.29) is 33.3 Å². The van der Waals surface area contributed by atoms with E-state index in [1.54, 1.807) is 24.3 Å². The number of hydrogen-bond acceptors (Lipinski definition) is 8. The molecule has 36 heavy (non-hydrogen) atoms. The highest BCUT2D eigenvalue weighted by Crippen LogP contribution is 2.37. The number of hydrogen-bond donors (Lipinski definition) is 0. The molecule has 1 aliphatic heterocycles. The number of carbonyl (C=O) groups is 2. The van der Waals surface area contributed by atoms with E-state index in [0.29, 0.717) is 27.4 Å². The van der Waals surface area contributed by atoms with Gasteiger partial charge in [0.2, 0.25) is 0 Å². The number of imide groups is 1. The molecule has 0 aromatic heterocycles. The van der Waals surface area contributed by atoms with Gasteiger partial charge >= 0.3 is 10.1 Å². The minimum Gasteiger partial charge on any atom is -0.378 e.